The minimum atomic E-state index is -0.343. The summed E-state index contributed by atoms with van der Waals surface area (Å²) in [7, 11) is 1.50. The van der Waals surface area contributed by atoms with Gasteiger partial charge in [-0.1, -0.05) is 0 Å². The number of aryl methyl sites for hydroxylation is 1. The summed E-state index contributed by atoms with van der Waals surface area (Å²) in [6, 6.07) is 10.2. The molecule has 0 radical (unpaired) electrons. The van der Waals surface area contributed by atoms with Crippen LogP contribution in [0.3, 0.4) is 0 Å². The first-order chi connectivity index (χ1) is 13.4. The van der Waals surface area contributed by atoms with E-state index >= 15 is 0 Å². The fourth-order valence-corrected chi connectivity index (χ4v) is 2.87. The quantitative estimate of drug-likeness (QED) is 0.711. The summed E-state index contributed by atoms with van der Waals surface area (Å²) in [5.41, 5.74) is 2.72. The Hall–Kier alpha value is -3.55. The number of fused-ring (bicyclic) bond motifs is 1. The van der Waals surface area contributed by atoms with E-state index in [0.29, 0.717) is 35.7 Å². The maximum Gasteiger partial charge on any atom is 0.262 e. The van der Waals surface area contributed by atoms with E-state index < -0.39 is 0 Å². The molecule has 0 unspecified atom stereocenters. The van der Waals surface area contributed by atoms with Crippen LogP contribution in [0.5, 0.6) is 11.5 Å². The van der Waals surface area contributed by atoms with Crippen LogP contribution in [0.2, 0.25) is 0 Å². The molecule has 0 saturated heterocycles. The highest BCUT2D eigenvalue weighted by molar-refractivity contribution is 5.95. The lowest BCUT2D eigenvalue weighted by Crippen LogP contribution is -2.21. The monoisotopic (exact) mass is 383 g/mol. The van der Waals surface area contributed by atoms with Crippen molar-refractivity contribution in [1.82, 2.24) is 0 Å². The number of carbonyl (C=O) groups is 3. The maximum atomic E-state index is 12.2. The van der Waals surface area contributed by atoms with Gasteiger partial charge in [-0.25, -0.2) is 0 Å². The van der Waals surface area contributed by atoms with Crippen molar-refractivity contribution in [3.63, 3.8) is 0 Å². The molecule has 3 amide bonds. The third-order valence-electron chi connectivity index (χ3n) is 4.14. The minimum absolute atomic E-state index is 0.00123. The normalized spacial score (nSPS) is 12.4. The van der Waals surface area contributed by atoms with Gasteiger partial charge in [0.2, 0.25) is 11.8 Å². The van der Waals surface area contributed by atoms with Crippen molar-refractivity contribution in [2.24, 2.45) is 0 Å². The topological polar surface area (TPSA) is 106 Å². The highest BCUT2D eigenvalue weighted by Gasteiger charge is 2.15. The molecule has 8 nitrogen and oxygen atoms in total. The number of anilines is 3. The van der Waals surface area contributed by atoms with E-state index in [9.17, 15) is 14.4 Å². The van der Waals surface area contributed by atoms with Crippen molar-refractivity contribution in [3.8, 4) is 11.5 Å². The molecule has 8 heteroatoms. The molecule has 3 N–H and O–H groups in total. The smallest absolute Gasteiger partial charge is 0.262 e. The van der Waals surface area contributed by atoms with Crippen molar-refractivity contribution in [3.05, 3.63) is 42.0 Å². The molecule has 0 aromatic heterocycles. The maximum absolute atomic E-state index is 12.2. The van der Waals surface area contributed by atoms with Gasteiger partial charge in [0.15, 0.2) is 6.61 Å². The molecule has 146 valence electrons. The van der Waals surface area contributed by atoms with Gasteiger partial charge in [-0.3, -0.25) is 14.4 Å². The van der Waals surface area contributed by atoms with E-state index in [1.54, 1.807) is 30.3 Å². The molecule has 2 aromatic rings. The van der Waals surface area contributed by atoms with Gasteiger partial charge in [-0.2, -0.15) is 0 Å². The highest BCUT2D eigenvalue weighted by Crippen LogP contribution is 2.28. The number of amides is 3. The molecule has 0 saturated carbocycles. The molecule has 0 bridgehead atoms. The van der Waals surface area contributed by atoms with Crippen LogP contribution in [0.1, 0.15) is 18.9 Å². The second-order valence-electron chi connectivity index (χ2n) is 6.30. The summed E-state index contributed by atoms with van der Waals surface area (Å²) in [6.07, 6.45) is 1.08. The Morgan fingerprint density at radius 3 is 2.68 bits per heavy atom. The zero-order valence-corrected chi connectivity index (χ0v) is 15.6. The largest absolute Gasteiger partial charge is 0.495 e. The van der Waals surface area contributed by atoms with Crippen molar-refractivity contribution in [2.45, 2.75) is 19.8 Å². The molecule has 0 aliphatic carbocycles. The van der Waals surface area contributed by atoms with Crippen molar-refractivity contribution in [2.75, 3.05) is 29.7 Å². The Kier molecular flexibility index (Phi) is 5.78. The number of hydrogen-bond acceptors (Lipinski definition) is 5. The predicted molar refractivity (Wildman–Crippen MR) is 105 cm³/mol. The van der Waals surface area contributed by atoms with Crippen LogP contribution in [0, 0.1) is 0 Å². The molecule has 1 heterocycles. The second-order valence-corrected chi connectivity index (χ2v) is 6.30. The summed E-state index contributed by atoms with van der Waals surface area (Å²) >= 11 is 0. The number of benzene rings is 2. The Labute approximate surface area is 162 Å². The lowest BCUT2D eigenvalue weighted by atomic mass is 10.0. The van der Waals surface area contributed by atoms with Crippen LogP contribution in [-0.4, -0.2) is 31.4 Å². The van der Waals surface area contributed by atoms with Crippen molar-refractivity contribution < 1.29 is 23.9 Å². The van der Waals surface area contributed by atoms with Crippen LogP contribution in [-0.2, 0) is 20.8 Å². The summed E-state index contributed by atoms with van der Waals surface area (Å²) in [5, 5.41) is 8.17. The minimum Gasteiger partial charge on any atom is -0.495 e. The third-order valence-corrected chi connectivity index (χ3v) is 4.14. The Balaban J connectivity index is 1.60. The first-order valence-electron chi connectivity index (χ1n) is 8.75. The van der Waals surface area contributed by atoms with E-state index in [-0.39, 0.29) is 24.3 Å². The SMILES string of the molecule is COc1ccc(NC(=O)COc2ccc3c(c2)CCC(=O)N3)cc1NC(C)=O. The molecular formula is C20H21N3O5. The fourth-order valence-electron chi connectivity index (χ4n) is 2.87. The number of nitrogens with one attached hydrogen (secondary N) is 3. The Morgan fingerprint density at radius 1 is 1.11 bits per heavy atom. The van der Waals surface area contributed by atoms with Gasteiger partial charge in [0.05, 0.1) is 12.8 Å². The predicted octanol–water partition coefficient (Wildman–Crippen LogP) is 2.56. The van der Waals surface area contributed by atoms with Crippen LogP contribution < -0.4 is 25.4 Å². The molecule has 0 atom stereocenters. The average Bonchev–Trinajstić information content (AvgIpc) is 2.66. The number of rotatable bonds is 6. The van der Waals surface area contributed by atoms with Crippen LogP contribution in [0.4, 0.5) is 17.1 Å². The van der Waals surface area contributed by atoms with Gasteiger partial charge in [0.25, 0.3) is 5.91 Å². The van der Waals surface area contributed by atoms with Crippen LogP contribution >= 0.6 is 0 Å². The van der Waals surface area contributed by atoms with Crippen molar-refractivity contribution >= 4 is 34.8 Å². The first-order valence-corrected chi connectivity index (χ1v) is 8.75. The molecule has 1 aliphatic heterocycles. The molecule has 28 heavy (non-hydrogen) atoms. The summed E-state index contributed by atoms with van der Waals surface area (Å²) in [5.74, 6) is 0.460. The number of hydrogen-bond donors (Lipinski definition) is 3. The van der Waals surface area contributed by atoms with Crippen LogP contribution in [0.25, 0.3) is 0 Å². The van der Waals surface area contributed by atoms with Gasteiger partial charge < -0.3 is 25.4 Å². The fraction of sp³-hybridized carbons (Fsp3) is 0.250. The Morgan fingerprint density at radius 2 is 1.93 bits per heavy atom. The lowest BCUT2D eigenvalue weighted by Gasteiger charge is -2.17. The highest BCUT2D eigenvalue weighted by atomic mass is 16.5. The van der Waals surface area contributed by atoms with E-state index in [1.807, 2.05) is 6.07 Å². The van der Waals surface area contributed by atoms with Gasteiger partial charge in [-0.05, 0) is 48.4 Å². The van der Waals surface area contributed by atoms with E-state index in [1.165, 1.54) is 14.0 Å². The van der Waals surface area contributed by atoms with Gasteiger partial charge in [-0.15, -0.1) is 0 Å². The van der Waals surface area contributed by atoms with Gasteiger partial charge >= 0.3 is 0 Å². The lowest BCUT2D eigenvalue weighted by molar-refractivity contribution is -0.118. The molecule has 1 aliphatic rings. The molecule has 3 rings (SSSR count). The summed E-state index contributed by atoms with van der Waals surface area (Å²) in [6.45, 7) is 1.22. The first kappa shape index (κ1) is 19.2. The third kappa shape index (κ3) is 4.79. The zero-order valence-electron chi connectivity index (χ0n) is 15.6. The van der Waals surface area contributed by atoms with E-state index in [4.69, 9.17) is 9.47 Å². The number of ether oxygens (including phenoxy) is 2. The average molecular weight is 383 g/mol. The Bertz CT molecular complexity index is 926. The molecule has 2 aromatic carbocycles. The van der Waals surface area contributed by atoms with E-state index in [2.05, 4.69) is 16.0 Å². The number of carbonyl (C=O) groups excluding carboxylic acids is 3. The summed E-state index contributed by atoms with van der Waals surface area (Å²) in [4.78, 5) is 34.9. The standard InChI is InChI=1S/C20H21N3O5/c1-12(24)21-17-10-14(4-7-18(17)27-2)22-20(26)11-28-15-5-6-16-13(9-15)3-8-19(25)23-16/h4-7,9-10H,3,8,11H2,1-2H3,(H,21,24)(H,22,26)(H,23,25). The molecule has 0 spiro atoms. The van der Waals surface area contributed by atoms with E-state index in [0.717, 1.165) is 11.3 Å². The summed E-state index contributed by atoms with van der Waals surface area (Å²) < 4.78 is 10.7. The zero-order chi connectivity index (χ0) is 20.1. The molecular weight excluding hydrogens is 362 g/mol. The van der Waals surface area contributed by atoms with Crippen LogP contribution in [0.15, 0.2) is 36.4 Å². The van der Waals surface area contributed by atoms with Gasteiger partial charge in [0, 0.05) is 24.7 Å². The van der Waals surface area contributed by atoms with Crippen molar-refractivity contribution in [1.29, 1.82) is 0 Å². The molecule has 0 fully saturated rings. The second kappa shape index (κ2) is 8.43. The van der Waals surface area contributed by atoms with Gasteiger partial charge in [0.1, 0.15) is 11.5 Å². The number of methoxy groups -OCH3 is 1.